The molecule has 4 rings (SSSR count). The summed E-state index contributed by atoms with van der Waals surface area (Å²) in [5.74, 6) is 1.02. The first-order valence-electron chi connectivity index (χ1n) is 9.01. The monoisotopic (exact) mass is 366 g/mol. The Balaban J connectivity index is 1.68. The molecule has 0 aliphatic carbocycles. The molecule has 0 atom stereocenters. The van der Waals surface area contributed by atoms with Crippen molar-refractivity contribution < 1.29 is 9.32 Å². The molecule has 0 fully saturated rings. The van der Waals surface area contributed by atoms with Crippen LogP contribution in [0.15, 0.2) is 10.7 Å². The van der Waals surface area contributed by atoms with Gasteiger partial charge in [0.15, 0.2) is 5.78 Å². The lowest BCUT2D eigenvalue weighted by atomic mass is 9.95. The lowest BCUT2D eigenvalue weighted by molar-refractivity contribution is 0.101. The van der Waals surface area contributed by atoms with E-state index in [0.717, 1.165) is 36.5 Å². The highest BCUT2D eigenvalue weighted by Crippen LogP contribution is 2.28. The summed E-state index contributed by atoms with van der Waals surface area (Å²) in [7, 11) is 0. The number of hydrogen-bond donors (Lipinski definition) is 1. The molecule has 0 saturated heterocycles. The Bertz CT molecular complexity index is 1030. The molecule has 3 aromatic heterocycles. The summed E-state index contributed by atoms with van der Waals surface area (Å²) in [6.45, 7) is 9.29. The molecule has 1 aliphatic heterocycles. The maximum absolute atomic E-state index is 11.8. The normalized spacial score (nSPS) is 13.6. The van der Waals surface area contributed by atoms with Crippen molar-refractivity contribution in [3.05, 3.63) is 45.9 Å². The number of aromatic nitrogens is 5. The van der Waals surface area contributed by atoms with E-state index >= 15 is 0 Å². The first-order chi connectivity index (χ1) is 13.0. The van der Waals surface area contributed by atoms with Crippen LogP contribution in [0, 0.1) is 20.8 Å². The molecule has 140 valence electrons. The standard InChI is InChI=1S/C19H22N6O2/c1-10-18(15-5-6-20-7-14(15)8-21-10)19-22-16(27-24-19)9-25-12(3)17(13(4)26)11(2)23-25/h8,20H,5-7,9H2,1-4H3. The maximum atomic E-state index is 11.8. The van der Waals surface area contributed by atoms with Crippen molar-refractivity contribution in [2.75, 3.05) is 6.54 Å². The van der Waals surface area contributed by atoms with E-state index in [9.17, 15) is 4.79 Å². The number of nitrogens with zero attached hydrogens (tertiary/aromatic N) is 5. The van der Waals surface area contributed by atoms with Crippen LogP contribution in [0.4, 0.5) is 0 Å². The fourth-order valence-electron chi connectivity index (χ4n) is 3.78. The lowest BCUT2D eigenvalue weighted by Crippen LogP contribution is -2.24. The van der Waals surface area contributed by atoms with Gasteiger partial charge < -0.3 is 9.84 Å². The Kier molecular flexibility index (Phi) is 4.35. The molecular formula is C19H22N6O2. The molecule has 27 heavy (non-hydrogen) atoms. The number of nitrogens with one attached hydrogen (secondary N) is 1. The van der Waals surface area contributed by atoms with E-state index in [1.54, 1.807) is 11.6 Å². The second kappa shape index (κ2) is 6.70. The predicted octanol–water partition coefficient (Wildman–Crippen LogP) is 2.15. The summed E-state index contributed by atoms with van der Waals surface area (Å²) in [6.07, 6.45) is 2.83. The third-order valence-electron chi connectivity index (χ3n) is 5.04. The Morgan fingerprint density at radius 1 is 1.30 bits per heavy atom. The number of hydrogen-bond acceptors (Lipinski definition) is 7. The van der Waals surface area contributed by atoms with Gasteiger partial charge in [0.2, 0.25) is 11.7 Å². The number of rotatable bonds is 4. The molecule has 0 unspecified atom stereocenters. The van der Waals surface area contributed by atoms with Crippen molar-refractivity contribution in [2.24, 2.45) is 0 Å². The average molecular weight is 366 g/mol. The molecular weight excluding hydrogens is 344 g/mol. The Morgan fingerprint density at radius 3 is 2.85 bits per heavy atom. The van der Waals surface area contributed by atoms with Crippen molar-refractivity contribution in [2.45, 2.75) is 47.2 Å². The smallest absolute Gasteiger partial charge is 0.248 e. The number of pyridine rings is 1. The van der Waals surface area contributed by atoms with Crippen molar-refractivity contribution in [3.8, 4) is 11.4 Å². The molecule has 4 heterocycles. The quantitative estimate of drug-likeness (QED) is 0.706. The summed E-state index contributed by atoms with van der Waals surface area (Å²) >= 11 is 0. The van der Waals surface area contributed by atoms with Gasteiger partial charge in [0.25, 0.3) is 0 Å². The first-order valence-corrected chi connectivity index (χ1v) is 9.01. The summed E-state index contributed by atoms with van der Waals surface area (Å²) in [5, 5.41) is 12.0. The zero-order chi connectivity index (χ0) is 19.1. The maximum Gasteiger partial charge on any atom is 0.248 e. The summed E-state index contributed by atoms with van der Waals surface area (Å²) < 4.78 is 7.22. The predicted molar refractivity (Wildman–Crippen MR) is 98.5 cm³/mol. The molecule has 0 radical (unpaired) electrons. The lowest BCUT2D eigenvalue weighted by Gasteiger charge is -2.19. The second-order valence-electron chi connectivity index (χ2n) is 6.92. The minimum absolute atomic E-state index is 0.00805. The van der Waals surface area contributed by atoms with E-state index in [4.69, 9.17) is 4.52 Å². The molecule has 0 bridgehead atoms. The van der Waals surface area contributed by atoms with Crippen LogP contribution < -0.4 is 5.32 Å². The molecule has 1 aliphatic rings. The Labute approximate surface area is 157 Å². The average Bonchev–Trinajstić information content (AvgIpc) is 3.19. The van der Waals surface area contributed by atoms with Gasteiger partial charge in [-0.2, -0.15) is 10.1 Å². The van der Waals surface area contributed by atoms with Gasteiger partial charge in [-0.1, -0.05) is 5.16 Å². The highest BCUT2D eigenvalue weighted by atomic mass is 16.5. The van der Waals surface area contributed by atoms with Gasteiger partial charge in [0.1, 0.15) is 6.54 Å². The van der Waals surface area contributed by atoms with Crippen LogP contribution in [-0.4, -0.2) is 37.2 Å². The second-order valence-corrected chi connectivity index (χ2v) is 6.92. The van der Waals surface area contributed by atoms with Crippen LogP contribution >= 0.6 is 0 Å². The van der Waals surface area contributed by atoms with Crippen LogP contribution in [0.1, 0.15) is 51.4 Å². The minimum Gasteiger partial charge on any atom is -0.337 e. The Morgan fingerprint density at radius 2 is 2.11 bits per heavy atom. The number of ketones is 1. The zero-order valence-electron chi connectivity index (χ0n) is 16.0. The summed E-state index contributed by atoms with van der Waals surface area (Å²) in [4.78, 5) is 20.9. The number of carbonyl (C=O) groups is 1. The first kappa shape index (κ1) is 17.5. The van der Waals surface area contributed by atoms with Crippen molar-refractivity contribution in [1.29, 1.82) is 0 Å². The number of Topliss-reactive ketones (excluding diaryl/α,β-unsaturated/α-hetero) is 1. The van der Waals surface area contributed by atoms with Crippen LogP contribution in [0.3, 0.4) is 0 Å². The van der Waals surface area contributed by atoms with E-state index in [2.05, 4.69) is 25.5 Å². The van der Waals surface area contributed by atoms with Gasteiger partial charge in [0.05, 0.1) is 11.3 Å². The van der Waals surface area contributed by atoms with E-state index in [-0.39, 0.29) is 5.78 Å². The van der Waals surface area contributed by atoms with Crippen molar-refractivity contribution in [1.82, 2.24) is 30.2 Å². The van der Waals surface area contributed by atoms with Crippen molar-refractivity contribution in [3.63, 3.8) is 0 Å². The Hall–Kier alpha value is -2.87. The molecule has 8 nitrogen and oxygen atoms in total. The highest BCUT2D eigenvalue weighted by Gasteiger charge is 2.22. The highest BCUT2D eigenvalue weighted by molar-refractivity contribution is 5.96. The van der Waals surface area contributed by atoms with Crippen LogP contribution in [0.5, 0.6) is 0 Å². The van der Waals surface area contributed by atoms with Crippen LogP contribution in [0.2, 0.25) is 0 Å². The van der Waals surface area contributed by atoms with Gasteiger partial charge in [-0.05, 0) is 51.8 Å². The summed E-state index contributed by atoms with van der Waals surface area (Å²) in [6, 6.07) is 0. The van der Waals surface area contributed by atoms with E-state index in [1.165, 1.54) is 11.1 Å². The van der Waals surface area contributed by atoms with Gasteiger partial charge >= 0.3 is 0 Å². The molecule has 0 aromatic carbocycles. The molecule has 0 saturated carbocycles. The summed E-state index contributed by atoms with van der Waals surface area (Å²) in [5.41, 5.74) is 6.44. The fourth-order valence-corrected chi connectivity index (χ4v) is 3.78. The number of aryl methyl sites for hydroxylation is 2. The third-order valence-corrected chi connectivity index (χ3v) is 5.04. The van der Waals surface area contributed by atoms with Crippen LogP contribution in [-0.2, 0) is 19.5 Å². The van der Waals surface area contributed by atoms with Gasteiger partial charge in [-0.15, -0.1) is 0 Å². The van der Waals surface area contributed by atoms with Gasteiger partial charge in [-0.25, -0.2) is 0 Å². The fraction of sp³-hybridized carbons (Fsp3) is 0.421. The SMILES string of the molecule is CC(=O)c1c(C)nn(Cc2nc(-c3c(C)ncc4c3CCNC4)no2)c1C. The molecule has 0 amide bonds. The van der Waals surface area contributed by atoms with E-state index in [0.29, 0.717) is 29.5 Å². The van der Waals surface area contributed by atoms with E-state index < -0.39 is 0 Å². The molecule has 0 spiro atoms. The number of fused-ring (bicyclic) bond motifs is 1. The van der Waals surface area contributed by atoms with Gasteiger partial charge in [-0.3, -0.25) is 14.5 Å². The molecule has 1 N–H and O–H groups in total. The largest absolute Gasteiger partial charge is 0.337 e. The van der Waals surface area contributed by atoms with Crippen LogP contribution in [0.25, 0.3) is 11.4 Å². The van der Waals surface area contributed by atoms with E-state index in [1.807, 2.05) is 27.0 Å². The topological polar surface area (TPSA) is 98.7 Å². The third kappa shape index (κ3) is 3.06. The zero-order valence-corrected chi connectivity index (χ0v) is 16.0. The van der Waals surface area contributed by atoms with Crippen molar-refractivity contribution >= 4 is 5.78 Å². The molecule has 3 aromatic rings. The number of carbonyl (C=O) groups excluding carboxylic acids is 1. The van der Waals surface area contributed by atoms with Gasteiger partial charge in [0, 0.05) is 29.7 Å². The minimum atomic E-state index is 0.00805. The molecule has 8 heteroatoms.